The van der Waals surface area contributed by atoms with Gasteiger partial charge in [-0.25, -0.2) is 19.8 Å². The normalized spacial score (nSPS) is 28.6. The second-order valence-corrected chi connectivity index (χ2v) is 8.31. The Labute approximate surface area is 168 Å². The first kappa shape index (κ1) is 20.2. The molecule has 0 spiro atoms. The van der Waals surface area contributed by atoms with E-state index >= 15 is 0 Å². The summed E-state index contributed by atoms with van der Waals surface area (Å²) in [6, 6.07) is 9.36. The van der Waals surface area contributed by atoms with Gasteiger partial charge in [0.1, 0.15) is 31.5 Å². The van der Waals surface area contributed by atoms with Crippen LogP contribution in [0, 0.1) is 0 Å². The van der Waals surface area contributed by atoms with Crippen LogP contribution in [0.2, 0.25) is 0 Å². The fourth-order valence-electron chi connectivity index (χ4n) is 3.07. The minimum absolute atomic E-state index is 0.0194. The van der Waals surface area contributed by atoms with E-state index in [1.54, 1.807) is 11.5 Å². The minimum Gasteiger partial charge on any atom is -0.386 e. The maximum Gasteiger partial charge on any atom is 0.488 e. The van der Waals surface area contributed by atoms with Crippen LogP contribution in [0.1, 0.15) is 13.2 Å². The number of aliphatic hydroxyl groups excluding tert-OH is 1. The van der Waals surface area contributed by atoms with Gasteiger partial charge in [0.25, 0.3) is 0 Å². The van der Waals surface area contributed by atoms with E-state index in [1.165, 1.54) is 6.33 Å². The second kappa shape index (κ2) is 7.94. The average molecular weight is 416 g/mol. The number of hydrogen-bond donors (Lipinski definition) is 3. The molecule has 4 atom stereocenters. The van der Waals surface area contributed by atoms with Gasteiger partial charge in [0.15, 0.2) is 23.2 Å². The molecule has 2 aromatic heterocycles. The quantitative estimate of drug-likeness (QED) is 0.416. The number of nitrogens with two attached hydrogens (primary N) is 1. The molecule has 150 valence electrons. The van der Waals surface area contributed by atoms with E-state index in [4.69, 9.17) is 27.1 Å². The van der Waals surface area contributed by atoms with E-state index in [1.807, 2.05) is 30.3 Å². The topological polar surface area (TPSA) is 138 Å². The summed E-state index contributed by atoms with van der Waals surface area (Å²) in [7, 11) is 2.09. The summed E-state index contributed by atoms with van der Waals surface area (Å²) in [5.41, 5.74) is 7.55. The molecule has 3 aromatic rings. The highest BCUT2D eigenvalue weighted by Crippen LogP contribution is 2.52. The van der Waals surface area contributed by atoms with E-state index < -0.39 is 26.3 Å². The third kappa shape index (κ3) is 4.11. The van der Waals surface area contributed by atoms with Crippen molar-refractivity contribution in [1.29, 1.82) is 0 Å². The zero-order valence-electron chi connectivity index (χ0n) is 15.6. The first-order valence-electron chi connectivity index (χ1n) is 8.92. The molecule has 1 fully saturated rings. The smallest absolute Gasteiger partial charge is 0.386 e. The summed E-state index contributed by atoms with van der Waals surface area (Å²) in [6.45, 7) is 1.40. The number of ether oxygens (including phenoxy) is 1. The van der Waals surface area contributed by atoms with Gasteiger partial charge in [0.2, 0.25) is 0 Å². The number of benzene rings is 1. The molecule has 2 radical (unpaired) electrons. The van der Waals surface area contributed by atoms with Crippen molar-refractivity contribution in [3.63, 3.8) is 0 Å². The summed E-state index contributed by atoms with van der Waals surface area (Å²) < 4.78 is 18.1. The van der Waals surface area contributed by atoms with Crippen molar-refractivity contribution in [2.45, 2.75) is 25.4 Å². The second-order valence-electron chi connectivity index (χ2n) is 6.66. The van der Waals surface area contributed by atoms with Crippen LogP contribution in [0.15, 0.2) is 36.7 Å². The number of rotatable bonds is 2. The van der Waals surface area contributed by atoms with Gasteiger partial charge in [-0.1, -0.05) is 30.3 Å². The molecular weight excluding hydrogens is 396 g/mol. The Kier molecular flexibility index (Phi) is 5.52. The lowest BCUT2D eigenvalue weighted by atomic mass is 10.2. The Morgan fingerprint density at radius 3 is 2.69 bits per heavy atom. The van der Waals surface area contributed by atoms with Crippen LogP contribution in [-0.4, -0.2) is 62.5 Å². The Hall–Kier alpha value is -2.14. The third-order valence-corrected chi connectivity index (χ3v) is 5.46. The predicted molar refractivity (Wildman–Crippen MR) is 108 cm³/mol. The number of hydrogen-bond acceptors (Lipinski definition) is 9. The van der Waals surface area contributed by atoms with Gasteiger partial charge in [-0.05, 0) is 6.92 Å². The lowest BCUT2D eigenvalue weighted by Gasteiger charge is -2.27. The standard InChI is InChI=1S/C17H20BN5O5P/c1-10-7-26-29(18,25)27-8-12(24)17(28-10)23-15(11-5-3-2-4-6-11)22-13-14(19)20-9-21-16(13)23/h2-6,9-10,12,17,24-25H,7-8H2,1H3,(H2,19,20,21)/q+1/t10-,12-,17+,29?/m0/s1. The molecule has 29 heavy (non-hydrogen) atoms. The predicted octanol–water partition coefficient (Wildman–Crippen LogP) is 1.23. The molecule has 1 aliphatic rings. The molecule has 1 unspecified atom stereocenters. The van der Waals surface area contributed by atoms with E-state index in [9.17, 15) is 10.00 Å². The number of aromatic nitrogens is 4. The van der Waals surface area contributed by atoms with Gasteiger partial charge in [-0.15, -0.1) is 0 Å². The van der Waals surface area contributed by atoms with Crippen molar-refractivity contribution in [3.05, 3.63) is 36.7 Å². The zero-order valence-corrected chi connectivity index (χ0v) is 16.5. The van der Waals surface area contributed by atoms with Gasteiger partial charge < -0.3 is 15.6 Å². The van der Waals surface area contributed by atoms with Gasteiger partial charge >= 0.3 is 15.4 Å². The molecular formula is C17H20BN5O5P+. The van der Waals surface area contributed by atoms with E-state index in [0.717, 1.165) is 5.56 Å². The van der Waals surface area contributed by atoms with Crippen molar-refractivity contribution in [3.8, 4) is 11.4 Å². The van der Waals surface area contributed by atoms with Crippen LogP contribution in [0.4, 0.5) is 5.82 Å². The van der Waals surface area contributed by atoms with Crippen LogP contribution in [0.25, 0.3) is 22.6 Å². The Bertz CT molecular complexity index is 1000. The summed E-state index contributed by atoms with van der Waals surface area (Å²) in [6.07, 6.45) is -1.36. The molecule has 4 rings (SSSR count). The first-order chi connectivity index (χ1) is 13.9. The van der Waals surface area contributed by atoms with Crippen molar-refractivity contribution >= 4 is 32.4 Å². The third-order valence-electron chi connectivity index (χ3n) is 4.42. The lowest BCUT2D eigenvalue weighted by Crippen LogP contribution is -2.33. The highest BCUT2D eigenvalue weighted by atomic mass is 31.2. The van der Waals surface area contributed by atoms with Crippen molar-refractivity contribution in [2.75, 3.05) is 18.9 Å². The van der Waals surface area contributed by atoms with Crippen molar-refractivity contribution in [2.24, 2.45) is 0 Å². The van der Waals surface area contributed by atoms with Gasteiger partial charge in [-0.2, -0.15) is 9.05 Å². The number of nitrogens with zero attached hydrogens (tertiary/aromatic N) is 4. The molecule has 1 saturated heterocycles. The highest BCUT2D eigenvalue weighted by molar-refractivity contribution is 7.85. The molecule has 1 aliphatic heterocycles. The zero-order chi connectivity index (χ0) is 20.6. The Morgan fingerprint density at radius 2 is 1.93 bits per heavy atom. The van der Waals surface area contributed by atoms with Crippen LogP contribution in [-0.2, 0) is 13.8 Å². The number of imidazole rings is 1. The van der Waals surface area contributed by atoms with Crippen LogP contribution in [0.5, 0.6) is 0 Å². The van der Waals surface area contributed by atoms with E-state index in [2.05, 4.69) is 15.0 Å². The Morgan fingerprint density at radius 1 is 1.21 bits per heavy atom. The number of aliphatic hydroxyl groups is 1. The SMILES string of the molecule is [B][P+]1(O)OC[C@H](C)O[C@@H](n2c(-c3ccccc3)nc3c(N)ncnc32)[C@@H](O)CO1. The molecule has 3 heterocycles. The number of nitrogen functional groups attached to an aromatic ring is 1. The van der Waals surface area contributed by atoms with Crippen molar-refractivity contribution < 1.29 is 23.8 Å². The maximum absolute atomic E-state index is 10.8. The van der Waals surface area contributed by atoms with E-state index in [0.29, 0.717) is 17.0 Å². The molecule has 0 bridgehead atoms. The Balaban J connectivity index is 1.87. The van der Waals surface area contributed by atoms with Gasteiger partial charge in [0.05, 0.1) is 6.10 Å². The van der Waals surface area contributed by atoms with Gasteiger partial charge in [0, 0.05) is 5.56 Å². The molecule has 10 nitrogen and oxygen atoms in total. The molecule has 4 N–H and O–H groups in total. The van der Waals surface area contributed by atoms with Crippen LogP contribution in [0.3, 0.4) is 0 Å². The molecule has 0 aliphatic carbocycles. The summed E-state index contributed by atoms with van der Waals surface area (Å²) in [5, 5.41) is 10.8. The molecule has 0 amide bonds. The number of anilines is 1. The first-order valence-corrected chi connectivity index (χ1v) is 10.6. The average Bonchev–Trinajstić information content (AvgIpc) is 3.11. The minimum atomic E-state index is -3.55. The molecule has 1 aromatic carbocycles. The fourth-order valence-corrected chi connectivity index (χ4v) is 3.94. The number of fused-ring (bicyclic) bond motifs is 1. The van der Waals surface area contributed by atoms with E-state index in [-0.39, 0.29) is 19.0 Å². The van der Waals surface area contributed by atoms with Crippen LogP contribution >= 0.6 is 7.82 Å². The van der Waals surface area contributed by atoms with Crippen LogP contribution < -0.4 is 5.73 Å². The van der Waals surface area contributed by atoms with Gasteiger partial charge in [-0.3, -0.25) is 4.57 Å². The lowest BCUT2D eigenvalue weighted by molar-refractivity contribution is -0.120. The molecule has 0 saturated carbocycles. The highest BCUT2D eigenvalue weighted by Gasteiger charge is 2.40. The largest absolute Gasteiger partial charge is 0.488 e. The maximum atomic E-state index is 10.8. The van der Waals surface area contributed by atoms with Crippen molar-refractivity contribution in [1.82, 2.24) is 19.5 Å². The molecule has 12 heteroatoms. The fraction of sp³-hybridized carbons (Fsp3) is 0.353. The monoisotopic (exact) mass is 416 g/mol. The summed E-state index contributed by atoms with van der Waals surface area (Å²) in [5.74, 6) is 0.695. The summed E-state index contributed by atoms with van der Waals surface area (Å²) in [4.78, 5) is 22.9. The summed E-state index contributed by atoms with van der Waals surface area (Å²) >= 11 is 0.